The Kier molecular flexibility index (Phi) is 5.13. The van der Waals surface area contributed by atoms with Gasteiger partial charge >= 0.3 is 0 Å². The molecule has 0 spiro atoms. The SMILES string of the molecule is Cc1nc(Cl)c(C=O)n1Cc1ccc(-c2ccccc2S(=O)[O-])cc1. The van der Waals surface area contributed by atoms with E-state index in [0.29, 0.717) is 29.9 Å². The van der Waals surface area contributed by atoms with Gasteiger partial charge in [-0.3, -0.25) is 9.00 Å². The third kappa shape index (κ3) is 3.56. The Morgan fingerprint density at radius 1 is 1.20 bits per heavy atom. The molecule has 2 aromatic carbocycles. The van der Waals surface area contributed by atoms with Gasteiger partial charge in [0.05, 0.1) is 0 Å². The standard InChI is InChI=1S/C18H15ClN2O3S/c1-12-20-18(19)16(11-22)21(12)10-13-6-8-14(9-7-13)15-4-2-3-5-17(15)25(23)24/h2-9,11H,10H2,1H3,(H,23,24)/p-1. The number of benzene rings is 2. The van der Waals surface area contributed by atoms with E-state index in [4.69, 9.17) is 11.6 Å². The zero-order valence-electron chi connectivity index (χ0n) is 13.3. The normalized spacial score (nSPS) is 12.1. The second-order valence-electron chi connectivity index (χ2n) is 5.47. The Morgan fingerprint density at radius 2 is 1.88 bits per heavy atom. The summed E-state index contributed by atoms with van der Waals surface area (Å²) in [7, 11) is 0. The van der Waals surface area contributed by atoms with E-state index in [9.17, 15) is 13.6 Å². The van der Waals surface area contributed by atoms with Gasteiger partial charge in [-0.25, -0.2) is 4.98 Å². The van der Waals surface area contributed by atoms with Gasteiger partial charge in [0.1, 0.15) is 11.5 Å². The fourth-order valence-electron chi connectivity index (χ4n) is 2.68. The highest BCUT2D eigenvalue weighted by molar-refractivity contribution is 7.79. The number of carbonyl (C=O) groups excluding carboxylic acids is 1. The number of nitrogens with zero attached hydrogens (tertiary/aromatic N) is 2. The van der Waals surface area contributed by atoms with Crippen molar-refractivity contribution >= 4 is 29.0 Å². The van der Waals surface area contributed by atoms with Crippen LogP contribution < -0.4 is 0 Å². The second-order valence-corrected chi connectivity index (χ2v) is 6.73. The van der Waals surface area contributed by atoms with Crippen LogP contribution >= 0.6 is 11.6 Å². The minimum atomic E-state index is -2.30. The number of aryl methyl sites for hydroxylation is 1. The molecule has 5 nitrogen and oxygen atoms in total. The summed E-state index contributed by atoms with van der Waals surface area (Å²) in [6.45, 7) is 2.24. The average Bonchev–Trinajstić information content (AvgIpc) is 2.88. The molecule has 0 N–H and O–H groups in total. The lowest BCUT2D eigenvalue weighted by molar-refractivity contribution is 0.111. The molecule has 0 aliphatic heterocycles. The highest BCUT2D eigenvalue weighted by Gasteiger charge is 2.13. The molecule has 0 aliphatic carbocycles. The van der Waals surface area contributed by atoms with Crippen molar-refractivity contribution in [1.82, 2.24) is 9.55 Å². The molecule has 1 atom stereocenters. The van der Waals surface area contributed by atoms with Gasteiger partial charge in [-0.1, -0.05) is 54.1 Å². The van der Waals surface area contributed by atoms with Crippen LogP contribution in [0.4, 0.5) is 0 Å². The van der Waals surface area contributed by atoms with E-state index in [1.54, 1.807) is 35.8 Å². The summed E-state index contributed by atoms with van der Waals surface area (Å²) < 4.78 is 24.5. The van der Waals surface area contributed by atoms with Gasteiger partial charge in [0.15, 0.2) is 11.4 Å². The Hall–Kier alpha value is -2.28. The number of rotatable bonds is 5. The van der Waals surface area contributed by atoms with Crippen molar-refractivity contribution in [3.8, 4) is 11.1 Å². The number of hydrogen-bond donors (Lipinski definition) is 0. The van der Waals surface area contributed by atoms with Crippen molar-refractivity contribution < 1.29 is 13.6 Å². The average molecular weight is 374 g/mol. The molecule has 1 aromatic heterocycles. The minimum Gasteiger partial charge on any atom is -0.768 e. The Labute approximate surface area is 152 Å². The van der Waals surface area contributed by atoms with Gasteiger partial charge in [0, 0.05) is 11.4 Å². The van der Waals surface area contributed by atoms with Crippen LogP contribution in [0.3, 0.4) is 0 Å². The van der Waals surface area contributed by atoms with E-state index in [0.717, 1.165) is 11.1 Å². The molecular formula is C18H14ClN2O3S-. The monoisotopic (exact) mass is 373 g/mol. The van der Waals surface area contributed by atoms with Crippen molar-refractivity contribution in [2.45, 2.75) is 18.4 Å². The van der Waals surface area contributed by atoms with E-state index in [1.165, 1.54) is 0 Å². The predicted molar refractivity (Wildman–Crippen MR) is 95.5 cm³/mol. The summed E-state index contributed by atoms with van der Waals surface area (Å²) in [5.74, 6) is 0.656. The van der Waals surface area contributed by atoms with Gasteiger partial charge in [0.25, 0.3) is 0 Å². The molecule has 25 heavy (non-hydrogen) atoms. The maximum Gasteiger partial charge on any atom is 0.169 e. The number of aromatic nitrogens is 2. The first kappa shape index (κ1) is 17.5. The summed E-state index contributed by atoms with van der Waals surface area (Å²) in [5.41, 5.74) is 2.75. The Morgan fingerprint density at radius 3 is 2.52 bits per heavy atom. The van der Waals surface area contributed by atoms with E-state index in [2.05, 4.69) is 4.98 Å². The van der Waals surface area contributed by atoms with Crippen LogP contribution in [-0.2, 0) is 17.6 Å². The predicted octanol–water partition coefficient (Wildman–Crippen LogP) is 3.61. The second kappa shape index (κ2) is 7.31. The maximum atomic E-state index is 11.4. The molecule has 0 aliphatic rings. The first-order valence-corrected chi connectivity index (χ1v) is 8.92. The number of halogens is 1. The first-order valence-electron chi connectivity index (χ1n) is 7.46. The van der Waals surface area contributed by atoms with Crippen LogP contribution in [0.15, 0.2) is 53.4 Å². The third-order valence-electron chi connectivity index (χ3n) is 3.94. The molecule has 7 heteroatoms. The molecule has 0 saturated carbocycles. The largest absolute Gasteiger partial charge is 0.768 e. The van der Waals surface area contributed by atoms with E-state index in [-0.39, 0.29) is 10.0 Å². The fourth-order valence-corrected chi connectivity index (χ4v) is 3.50. The molecule has 0 saturated heterocycles. The highest BCUT2D eigenvalue weighted by Crippen LogP contribution is 2.26. The van der Waals surface area contributed by atoms with E-state index >= 15 is 0 Å². The van der Waals surface area contributed by atoms with Crippen molar-refractivity contribution in [3.63, 3.8) is 0 Å². The van der Waals surface area contributed by atoms with Crippen LogP contribution in [0.5, 0.6) is 0 Å². The topological polar surface area (TPSA) is 75.0 Å². The lowest BCUT2D eigenvalue weighted by Crippen LogP contribution is -2.06. The van der Waals surface area contributed by atoms with Crippen molar-refractivity contribution in [2.75, 3.05) is 0 Å². The van der Waals surface area contributed by atoms with Crippen LogP contribution in [0.2, 0.25) is 5.15 Å². The fraction of sp³-hybridized carbons (Fsp3) is 0.111. The van der Waals surface area contributed by atoms with Gasteiger partial charge in [-0.15, -0.1) is 0 Å². The molecule has 0 radical (unpaired) electrons. The molecule has 0 fully saturated rings. The van der Waals surface area contributed by atoms with Gasteiger partial charge in [0.2, 0.25) is 0 Å². The molecule has 0 bridgehead atoms. The van der Waals surface area contributed by atoms with Crippen molar-refractivity contribution in [3.05, 3.63) is 70.8 Å². The molecule has 3 aromatic rings. The molecular weight excluding hydrogens is 360 g/mol. The number of hydrogen-bond acceptors (Lipinski definition) is 4. The molecule has 1 heterocycles. The van der Waals surface area contributed by atoms with Gasteiger partial charge in [-0.2, -0.15) is 0 Å². The van der Waals surface area contributed by atoms with Crippen LogP contribution in [-0.4, -0.2) is 24.6 Å². The molecule has 128 valence electrons. The van der Waals surface area contributed by atoms with Crippen molar-refractivity contribution in [1.29, 1.82) is 0 Å². The number of carbonyl (C=O) groups is 1. The lowest BCUT2D eigenvalue weighted by atomic mass is 10.0. The molecule has 0 amide bonds. The van der Waals surface area contributed by atoms with Crippen LogP contribution in [0.25, 0.3) is 11.1 Å². The molecule has 3 rings (SSSR count). The number of imidazole rings is 1. The van der Waals surface area contributed by atoms with Crippen molar-refractivity contribution in [2.24, 2.45) is 0 Å². The summed E-state index contributed by atoms with van der Waals surface area (Å²) in [4.78, 5) is 15.6. The Bertz CT molecular complexity index is 951. The lowest BCUT2D eigenvalue weighted by Gasteiger charge is -2.13. The summed E-state index contributed by atoms with van der Waals surface area (Å²) in [6.07, 6.45) is 0.691. The molecule has 1 unspecified atom stereocenters. The highest BCUT2D eigenvalue weighted by atomic mass is 35.5. The van der Waals surface area contributed by atoms with Crippen LogP contribution in [0.1, 0.15) is 21.9 Å². The minimum absolute atomic E-state index is 0.191. The zero-order chi connectivity index (χ0) is 18.0. The zero-order valence-corrected chi connectivity index (χ0v) is 14.9. The quantitative estimate of drug-likeness (QED) is 0.505. The van der Waals surface area contributed by atoms with Crippen LogP contribution in [0, 0.1) is 6.92 Å². The van der Waals surface area contributed by atoms with Gasteiger partial charge < -0.3 is 9.12 Å². The number of aldehydes is 1. The third-order valence-corrected chi connectivity index (χ3v) is 4.93. The van der Waals surface area contributed by atoms with Gasteiger partial charge in [-0.05, 0) is 40.8 Å². The summed E-state index contributed by atoms with van der Waals surface area (Å²) >= 11 is 3.65. The Balaban J connectivity index is 1.92. The van der Waals surface area contributed by atoms with E-state index in [1.807, 2.05) is 24.3 Å². The summed E-state index contributed by atoms with van der Waals surface area (Å²) in [5, 5.41) is 0.191. The summed E-state index contributed by atoms with van der Waals surface area (Å²) in [6, 6.07) is 14.3. The van der Waals surface area contributed by atoms with E-state index < -0.39 is 11.1 Å². The maximum absolute atomic E-state index is 11.4. The smallest absolute Gasteiger partial charge is 0.169 e. The first-order chi connectivity index (χ1) is 12.0.